The van der Waals surface area contributed by atoms with Crippen LogP contribution in [0.15, 0.2) is 11.6 Å². The maximum Gasteiger partial charge on any atom is 0.331 e. The molecule has 1 aliphatic rings. The molecular formula is C14H24N2O4. The van der Waals surface area contributed by atoms with Gasteiger partial charge in [-0.05, 0) is 25.3 Å². The summed E-state index contributed by atoms with van der Waals surface area (Å²) < 4.78 is 5.92. The molecule has 0 aromatic rings. The maximum absolute atomic E-state index is 11.3. The molecule has 3 atom stereocenters. The SMILES string of the molecule is CCC(CC)O[C@@H]1C=C(C(=O)O)CC(N)[C@H]1NC(C)=O. The minimum atomic E-state index is -0.986. The predicted octanol–water partition coefficient (Wildman–Crippen LogP) is 0.807. The quantitative estimate of drug-likeness (QED) is 0.670. The standard InChI is InChI=1S/C14H24N2O4/c1-4-10(5-2)20-12-7-9(14(18)19)6-11(15)13(12)16-8(3)17/h7,10-13H,4-6,15H2,1-3H3,(H,16,17)(H,18,19)/t11?,12-,13-/m1/s1. The Morgan fingerprint density at radius 2 is 2.10 bits per heavy atom. The number of ether oxygens (including phenoxy) is 1. The van der Waals surface area contributed by atoms with Crippen LogP contribution in [0.2, 0.25) is 0 Å². The Morgan fingerprint density at radius 3 is 2.55 bits per heavy atom. The lowest BCUT2D eigenvalue weighted by Gasteiger charge is -2.36. The van der Waals surface area contributed by atoms with Gasteiger partial charge in [-0.2, -0.15) is 0 Å². The molecule has 114 valence electrons. The Hall–Kier alpha value is -1.40. The number of carboxylic acids is 1. The third-order valence-corrected chi connectivity index (χ3v) is 3.54. The van der Waals surface area contributed by atoms with Crippen molar-refractivity contribution < 1.29 is 19.4 Å². The van der Waals surface area contributed by atoms with E-state index in [2.05, 4.69) is 5.32 Å². The third kappa shape index (κ3) is 4.31. The molecule has 4 N–H and O–H groups in total. The fraction of sp³-hybridized carbons (Fsp3) is 0.714. The van der Waals surface area contributed by atoms with Crippen LogP contribution in [-0.2, 0) is 14.3 Å². The highest BCUT2D eigenvalue weighted by Crippen LogP contribution is 2.23. The number of hydrogen-bond donors (Lipinski definition) is 3. The van der Waals surface area contributed by atoms with Gasteiger partial charge >= 0.3 is 5.97 Å². The van der Waals surface area contributed by atoms with Crippen LogP contribution in [0.1, 0.15) is 40.0 Å². The van der Waals surface area contributed by atoms with Crippen LogP contribution in [0.3, 0.4) is 0 Å². The zero-order chi connectivity index (χ0) is 15.3. The van der Waals surface area contributed by atoms with E-state index in [-0.39, 0.29) is 24.0 Å². The van der Waals surface area contributed by atoms with Gasteiger partial charge < -0.3 is 20.9 Å². The van der Waals surface area contributed by atoms with Gasteiger partial charge in [0.1, 0.15) is 0 Å². The lowest BCUT2D eigenvalue weighted by Crippen LogP contribution is -2.57. The van der Waals surface area contributed by atoms with Gasteiger partial charge in [0.15, 0.2) is 0 Å². The van der Waals surface area contributed by atoms with Crippen molar-refractivity contribution in [2.24, 2.45) is 5.73 Å². The van der Waals surface area contributed by atoms with Crippen LogP contribution in [0, 0.1) is 0 Å². The molecule has 0 fully saturated rings. The van der Waals surface area contributed by atoms with E-state index in [1.165, 1.54) is 6.92 Å². The molecule has 1 rings (SSSR count). The van der Waals surface area contributed by atoms with Crippen LogP contribution in [-0.4, -0.2) is 41.3 Å². The molecule has 1 unspecified atom stereocenters. The number of hydrogen-bond acceptors (Lipinski definition) is 4. The minimum Gasteiger partial charge on any atom is -0.478 e. The van der Waals surface area contributed by atoms with Gasteiger partial charge in [-0.3, -0.25) is 4.79 Å². The second kappa shape index (κ2) is 7.40. The molecule has 0 aliphatic heterocycles. The molecule has 0 bridgehead atoms. The highest BCUT2D eigenvalue weighted by Gasteiger charge is 2.35. The average molecular weight is 284 g/mol. The summed E-state index contributed by atoms with van der Waals surface area (Å²) in [4.78, 5) is 22.4. The van der Waals surface area contributed by atoms with Crippen molar-refractivity contribution >= 4 is 11.9 Å². The normalized spacial score (nSPS) is 26.2. The van der Waals surface area contributed by atoms with Crippen molar-refractivity contribution in [3.63, 3.8) is 0 Å². The first kappa shape index (κ1) is 16.7. The highest BCUT2D eigenvalue weighted by molar-refractivity contribution is 5.87. The minimum absolute atomic E-state index is 0.0212. The summed E-state index contributed by atoms with van der Waals surface area (Å²) in [7, 11) is 0. The number of aliphatic carboxylic acids is 1. The predicted molar refractivity (Wildman–Crippen MR) is 75.2 cm³/mol. The Bertz CT molecular complexity index is 391. The molecule has 0 spiro atoms. The van der Waals surface area contributed by atoms with Gasteiger partial charge in [0.25, 0.3) is 0 Å². The van der Waals surface area contributed by atoms with Crippen LogP contribution >= 0.6 is 0 Å². The van der Waals surface area contributed by atoms with E-state index in [0.717, 1.165) is 12.8 Å². The summed E-state index contributed by atoms with van der Waals surface area (Å²) in [6.07, 6.45) is 2.97. The van der Waals surface area contributed by atoms with Gasteiger partial charge in [-0.1, -0.05) is 13.8 Å². The summed E-state index contributed by atoms with van der Waals surface area (Å²) in [5.41, 5.74) is 6.25. The third-order valence-electron chi connectivity index (χ3n) is 3.54. The number of rotatable bonds is 6. The number of carbonyl (C=O) groups excluding carboxylic acids is 1. The Balaban J connectivity index is 2.96. The van der Waals surface area contributed by atoms with Crippen LogP contribution < -0.4 is 11.1 Å². The Labute approximate surface area is 119 Å². The van der Waals surface area contributed by atoms with Gasteiger partial charge in [-0.15, -0.1) is 0 Å². The summed E-state index contributed by atoms with van der Waals surface area (Å²) in [6, 6.07) is -0.856. The average Bonchev–Trinajstić information content (AvgIpc) is 2.38. The van der Waals surface area contributed by atoms with Crippen molar-refractivity contribution in [1.82, 2.24) is 5.32 Å². The van der Waals surface area contributed by atoms with Gasteiger partial charge in [-0.25, -0.2) is 4.79 Å². The fourth-order valence-corrected chi connectivity index (χ4v) is 2.40. The van der Waals surface area contributed by atoms with E-state index >= 15 is 0 Å². The molecule has 0 saturated carbocycles. The van der Waals surface area contributed by atoms with Crippen LogP contribution in [0.25, 0.3) is 0 Å². The summed E-state index contributed by atoms with van der Waals surface area (Å²) in [5.74, 6) is -1.18. The van der Waals surface area contributed by atoms with Gasteiger partial charge in [0.05, 0.1) is 18.2 Å². The van der Waals surface area contributed by atoms with Gasteiger partial charge in [0.2, 0.25) is 5.91 Å². The highest BCUT2D eigenvalue weighted by atomic mass is 16.5. The van der Waals surface area contributed by atoms with Crippen molar-refractivity contribution in [2.75, 3.05) is 0 Å². The summed E-state index contributed by atoms with van der Waals surface area (Å²) in [5, 5.41) is 11.9. The molecule has 0 aromatic heterocycles. The Morgan fingerprint density at radius 1 is 1.50 bits per heavy atom. The molecule has 6 nitrogen and oxygen atoms in total. The molecule has 0 aromatic carbocycles. The summed E-state index contributed by atoms with van der Waals surface area (Å²) in [6.45, 7) is 5.43. The molecule has 6 heteroatoms. The maximum atomic E-state index is 11.3. The van der Waals surface area contributed by atoms with Crippen molar-refractivity contribution in [1.29, 1.82) is 0 Å². The van der Waals surface area contributed by atoms with Crippen LogP contribution in [0.4, 0.5) is 0 Å². The molecule has 0 radical (unpaired) electrons. The zero-order valence-electron chi connectivity index (χ0n) is 12.3. The van der Waals surface area contributed by atoms with E-state index in [1.807, 2.05) is 13.8 Å². The number of nitrogens with two attached hydrogens (primary N) is 1. The first-order valence-electron chi connectivity index (χ1n) is 7.01. The fourth-order valence-electron chi connectivity index (χ4n) is 2.40. The molecular weight excluding hydrogens is 260 g/mol. The van der Waals surface area contributed by atoms with E-state index < -0.39 is 24.2 Å². The second-order valence-corrected chi connectivity index (χ2v) is 5.13. The summed E-state index contributed by atoms with van der Waals surface area (Å²) >= 11 is 0. The van der Waals surface area contributed by atoms with Crippen molar-refractivity contribution in [3.05, 3.63) is 11.6 Å². The Kier molecular flexibility index (Phi) is 6.16. The van der Waals surface area contributed by atoms with Crippen molar-refractivity contribution in [2.45, 2.75) is 64.3 Å². The zero-order valence-corrected chi connectivity index (χ0v) is 12.3. The lowest BCUT2D eigenvalue weighted by molar-refractivity contribution is -0.133. The largest absolute Gasteiger partial charge is 0.478 e. The smallest absolute Gasteiger partial charge is 0.331 e. The second-order valence-electron chi connectivity index (χ2n) is 5.13. The number of carbonyl (C=O) groups is 2. The molecule has 0 heterocycles. The monoisotopic (exact) mass is 284 g/mol. The first-order valence-corrected chi connectivity index (χ1v) is 7.01. The van der Waals surface area contributed by atoms with E-state index in [0.29, 0.717) is 0 Å². The molecule has 1 amide bonds. The molecule has 1 aliphatic carbocycles. The lowest BCUT2D eigenvalue weighted by atomic mass is 9.88. The number of amides is 1. The van der Waals surface area contributed by atoms with E-state index in [9.17, 15) is 9.59 Å². The number of nitrogens with one attached hydrogen (secondary N) is 1. The van der Waals surface area contributed by atoms with E-state index in [1.54, 1.807) is 6.08 Å². The van der Waals surface area contributed by atoms with E-state index in [4.69, 9.17) is 15.6 Å². The van der Waals surface area contributed by atoms with Crippen LogP contribution in [0.5, 0.6) is 0 Å². The number of carboxylic acid groups (broad SMARTS) is 1. The molecule has 20 heavy (non-hydrogen) atoms. The first-order chi connectivity index (χ1) is 9.38. The molecule has 0 saturated heterocycles. The topological polar surface area (TPSA) is 102 Å². The van der Waals surface area contributed by atoms with Crippen molar-refractivity contribution in [3.8, 4) is 0 Å². The van der Waals surface area contributed by atoms with Gasteiger partial charge in [0, 0.05) is 18.5 Å².